The molecule has 1 fully saturated rings. The van der Waals surface area contributed by atoms with Gasteiger partial charge in [0.15, 0.2) is 0 Å². The van der Waals surface area contributed by atoms with Crippen molar-refractivity contribution >= 4 is 16.8 Å². The van der Waals surface area contributed by atoms with E-state index in [1.54, 1.807) is 0 Å². The Kier molecular flexibility index (Phi) is 4.19. The second-order valence-corrected chi connectivity index (χ2v) is 7.58. The van der Waals surface area contributed by atoms with Crippen LogP contribution in [0.3, 0.4) is 0 Å². The number of rotatable bonds is 3. The fourth-order valence-electron chi connectivity index (χ4n) is 4.31. The molecule has 0 bridgehead atoms. The Bertz CT molecular complexity index is 1190. The second kappa shape index (κ2) is 6.88. The molecule has 1 amide bonds. The van der Waals surface area contributed by atoms with Gasteiger partial charge < -0.3 is 14.0 Å². The van der Waals surface area contributed by atoms with Gasteiger partial charge in [0, 0.05) is 24.5 Å². The van der Waals surface area contributed by atoms with Crippen molar-refractivity contribution in [3.8, 4) is 11.4 Å². The normalized spacial score (nSPS) is 16.6. The van der Waals surface area contributed by atoms with Crippen LogP contribution in [0.4, 0.5) is 0 Å². The maximum absolute atomic E-state index is 13.4. The first kappa shape index (κ1) is 17.7. The molecule has 1 saturated heterocycles. The molecule has 0 saturated carbocycles. The summed E-state index contributed by atoms with van der Waals surface area (Å²) in [6.45, 7) is 2.76. The maximum atomic E-state index is 13.4. The van der Waals surface area contributed by atoms with E-state index in [9.17, 15) is 4.79 Å². The Morgan fingerprint density at radius 1 is 1.14 bits per heavy atom. The summed E-state index contributed by atoms with van der Waals surface area (Å²) >= 11 is 0. The molecular weight excluding hydrogens is 364 g/mol. The Hall–Kier alpha value is -3.41. The van der Waals surface area contributed by atoms with Crippen LogP contribution in [0.2, 0.25) is 0 Å². The number of fused-ring (bicyclic) bond motifs is 1. The van der Waals surface area contributed by atoms with Crippen LogP contribution >= 0.6 is 0 Å². The predicted octanol–water partition coefficient (Wildman–Crippen LogP) is 4.51. The lowest BCUT2D eigenvalue weighted by atomic mass is 10.1. The highest BCUT2D eigenvalue weighted by atomic mass is 16.5. The molecule has 6 nitrogen and oxygen atoms in total. The van der Waals surface area contributed by atoms with E-state index < -0.39 is 0 Å². The van der Waals surface area contributed by atoms with Crippen LogP contribution in [0.5, 0.6) is 0 Å². The van der Waals surface area contributed by atoms with E-state index in [4.69, 9.17) is 4.52 Å². The Morgan fingerprint density at radius 2 is 1.97 bits per heavy atom. The molecule has 0 unspecified atom stereocenters. The number of carbonyl (C=O) groups excluding carboxylic acids is 1. The van der Waals surface area contributed by atoms with Gasteiger partial charge in [-0.25, -0.2) is 0 Å². The summed E-state index contributed by atoms with van der Waals surface area (Å²) < 4.78 is 7.56. The number of para-hydroxylation sites is 1. The third-order valence-electron chi connectivity index (χ3n) is 5.75. The number of carbonyl (C=O) groups is 1. The van der Waals surface area contributed by atoms with Crippen molar-refractivity contribution in [3.05, 3.63) is 71.7 Å². The third-order valence-corrected chi connectivity index (χ3v) is 5.75. The van der Waals surface area contributed by atoms with Gasteiger partial charge in [0.1, 0.15) is 11.7 Å². The van der Waals surface area contributed by atoms with Crippen LogP contribution in [0.1, 0.15) is 40.8 Å². The number of likely N-dealkylation sites (tertiary alicyclic amines) is 1. The van der Waals surface area contributed by atoms with Crippen molar-refractivity contribution in [1.82, 2.24) is 19.6 Å². The van der Waals surface area contributed by atoms with Crippen molar-refractivity contribution < 1.29 is 9.32 Å². The molecule has 0 N–H and O–H groups in total. The highest BCUT2D eigenvalue weighted by molar-refractivity contribution is 5.99. The predicted molar refractivity (Wildman–Crippen MR) is 110 cm³/mol. The summed E-state index contributed by atoms with van der Waals surface area (Å²) in [5, 5.41) is 5.21. The number of amides is 1. The molecule has 1 aliphatic heterocycles. The van der Waals surface area contributed by atoms with Crippen LogP contribution in [0, 0.1) is 6.92 Å². The molecule has 146 valence electrons. The highest BCUT2D eigenvalue weighted by Crippen LogP contribution is 2.34. The van der Waals surface area contributed by atoms with Gasteiger partial charge in [-0.15, -0.1) is 0 Å². The monoisotopic (exact) mass is 386 g/mol. The number of hydrogen-bond acceptors (Lipinski definition) is 4. The molecule has 3 heterocycles. The largest absolute Gasteiger partial charge is 0.339 e. The van der Waals surface area contributed by atoms with Gasteiger partial charge in [-0.05, 0) is 31.4 Å². The molecule has 2 aromatic heterocycles. The minimum atomic E-state index is -0.188. The van der Waals surface area contributed by atoms with Gasteiger partial charge in [0.2, 0.25) is 11.7 Å². The average molecular weight is 386 g/mol. The van der Waals surface area contributed by atoms with Gasteiger partial charge >= 0.3 is 0 Å². The quantitative estimate of drug-likeness (QED) is 0.519. The second-order valence-electron chi connectivity index (χ2n) is 7.58. The lowest BCUT2D eigenvalue weighted by molar-refractivity contribution is 0.0701. The summed E-state index contributed by atoms with van der Waals surface area (Å²) in [5.41, 5.74) is 3.84. The third kappa shape index (κ3) is 2.92. The first-order chi connectivity index (χ1) is 14.1. The minimum absolute atomic E-state index is 0.00469. The smallest absolute Gasteiger partial charge is 0.271 e. The minimum Gasteiger partial charge on any atom is -0.339 e. The van der Waals surface area contributed by atoms with Gasteiger partial charge in [0.05, 0.1) is 5.52 Å². The molecular formula is C23H22N4O2. The standard InChI is InChI=1S/C23H22N4O2/c1-15-8-6-11-17-14-19(26(2)20(15)17)23(28)27-13-7-12-18(27)22-24-21(25-29-22)16-9-4-3-5-10-16/h3-6,8-11,14,18H,7,12-13H2,1-2H3/t18-/m0/s1. The molecule has 1 aliphatic rings. The van der Waals surface area contributed by atoms with E-state index in [0.717, 1.165) is 34.9 Å². The van der Waals surface area contributed by atoms with Gasteiger partial charge in [0.25, 0.3) is 5.91 Å². The van der Waals surface area contributed by atoms with Crippen molar-refractivity contribution in [2.45, 2.75) is 25.8 Å². The van der Waals surface area contributed by atoms with Crippen LogP contribution in [-0.4, -0.2) is 32.1 Å². The lowest BCUT2D eigenvalue weighted by Gasteiger charge is -2.22. The van der Waals surface area contributed by atoms with E-state index in [1.165, 1.54) is 0 Å². The highest BCUT2D eigenvalue weighted by Gasteiger charge is 2.35. The number of benzene rings is 2. The fourth-order valence-corrected chi connectivity index (χ4v) is 4.31. The number of aromatic nitrogens is 3. The molecule has 6 heteroatoms. The Labute approximate surface area is 168 Å². The van der Waals surface area contributed by atoms with Crippen LogP contribution < -0.4 is 0 Å². The Morgan fingerprint density at radius 3 is 2.76 bits per heavy atom. The molecule has 2 aromatic carbocycles. The van der Waals surface area contributed by atoms with E-state index in [1.807, 2.05) is 65.0 Å². The zero-order valence-electron chi connectivity index (χ0n) is 16.5. The van der Waals surface area contributed by atoms with Crippen molar-refractivity contribution in [2.75, 3.05) is 6.54 Å². The summed E-state index contributed by atoms with van der Waals surface area (Å²) in [7, 11) is 1.95. The van der Waals surface area contributed by atoms with Gasteiger partial charge in [-0.2, -0.15) is 4.98 Å². The van der Waals surface area contributed by atoms with Crippen LogP contribution in [0.25, 0.3) is 22.3 Å². The number of nitrogens with zero attached hydrogens (tertiary/aromatic N) is 4. The van der Waals surface area contributed by atoms with Gasteiger partial charge in [-0.3, -0.25) is 4.79 Å². The summed E-state index contributed by atoms with van der Waals surface area (Å²) in [4.78, 5) is 19.9. The fraction of sp³-hybridized carbons (Fsp3) is 0.261. The van der Waals surface area contributed by atoms with E-state index in [2.05, 4.69) is 23.1 Å². The van der Waals surface area contributed by atoms with Crippen molar-refractivity contribution in [1.29, 1.82) is 0 Å². The topological polar surface area (TPSA) is 64.2 Å². The summed E-state index contributed by atoms with van der Waals surface area (Å²) in [5.74, 6) is 1.06. The van der Waals surface area contributed by atoms with Crippen molar-refractivity contribution in [3.63, 3.8) is 0 Å². The first-order valence-electron chi connectivity index (χ1n) is 9.88. The number of hydrogen-bond donors (Lipinski definition) is 0. The maximum Gasteiger partial charge on any atom is 0.271 e. The van der Waals surface area contributed by atoms with Crippen LogP contribution in [0.15, 0.2) is 59.1 Å². The van der Waals surface area contributed by atoms with Crippen LogP contribution in [-0.2, 0) is 7.05 Å². The molecule has 5 rings (SSSR count). The van der Waals surface area contributed by atoms with E-state index in [0.29, 0.717) is 24.0 Å². The molecule has 29 heavy (non-hydrogen) atoms. The zero-order valence-corrected chi connectivity index (χ0v) is 16.5. The Balaban J connectivity index is 1.47. The van der Waals surface area contributed by atoms with Crippen molar-refractivity contribution in [2.24, 2.45) is 7.05 Å². The first-order valence-corrected chi connectivity index (χ1v) is 9.88. The number of aryl methyl sites for hydroxylation is 2. The summed E-state index contributed by atoms with van der Waals surface area (Å²) in [6.07, 6.45) is 1.74. The van der Waals surface area contributed by atoms with E-state index in [-0.39, 0.29) is 11.9 Å². The average Bonchev–Trinajstić information content (AvgIpc) is 3.47. The zero-order chi connectivity index (χ0) is 20.0. The lowest BCUT2D eigenvalue weighted by Crippen LogP contribution is -2.32. The SMILES string of the molecule is Cc1cccc2cc(C(=O)N3CCC[C@H]3c3nc(-c4ccccc4)no3)n(C)c12. The van der Waals surface area contributed by atoms with Gasteiger partial charge in [-0.1, -0.05) is 53.7 Å². The van der Waals surface area contributed by atoms with E-state index >= 15 is 0 Å². The summed E-state index contributed by atoms with van der Waals surface area (Å²) in [6, 6.07) is 17.7. The molecule has 1 atom stereocenters. The molecule has 0 spiro atoms. The molecule has 0 aliphatic carbocycles. The molecule has 4 aromatic rings. The molecule has 0 radical (unpaired) electrons.